The normalized spacial score (nSPS) is 34.6. The van der Waals surface area contributed by atoms with Gasteiger partial charge in [0.2, 0.25) is 5.91 Å². The minimum absolute atomic E-state index is 0.273. The van der Waals surface area contributed by atoms with E-state index in [2.05, 4.69) is 0 Å². The number of benzene rings is 1. The van der Waals surface area contributed by atoms with Gasteiger partial charge in [0.1, 0.15) is 17.5 Å². The number of fused-ring (bicyclic) bond motifs is 1. The molecule has 1 fully saturated rings. The first-order chi connectivity index (χ1) is 11.4. The second kappa shape index (κ2) is 4.74. The Morgan fingerprint density at radius 2 is 2.33 bits per heavy atom. The molecule has 0 aromatic heterocycles. The second-order valence-electron chi connectivity index (χ2n) is 5.69. The Hall–Kier alpha value is -2.06. The van der Waals surface area contributed by atoms with Crippen LogP contribution >= 0.6 is 0 Å². The molecule has 1 N–H and O–H groups in total. The van der Waals surface area contributed by atoms with Crippen molar-refractivity contribution in [1.82, 2.24) is 4.90 Å². The number of hydrogen-bond donors (Lipinski definition) is 1. The van der Waals surface area contributed by atoms with Gasteiger partial charge in [-0.1, -0.05) is 0 Å². The summed E-state index contributed by atoms with van der Waals surface area (Å²) in [5, 5.41) is 19.9. The molecular formula is C16H18N2O3. The number of ether oxygens (including phenoxy) is 1. The number of nitriles is 1. The Morgan fingerprint density at radius 3 is 2.95 bits per heavy atom. The fraction of sp³-hybridized carbons (Fsp3) is 0.500. The van der Waals surface area contributed by atoms with Crippen molar-refractivity contribution in [3.8, 4) is 11.8 Å². The molecule has 0 radical (unpaired) electrons. The SMILES string of the molecule is [2H]C1([2H])CC(=O)N([C@@H]2c3cc(C#N)ccc3OC(C)(C)[C@H]2O)C1([2H])[2H]. The van der Waals surface area contributed by atoms with Crippen LogP contribution in [0, 0.1) is 11.3 Å². The summed E-state index contributed by atoms with van der Waals surface area (Å²) in [6, 6.07) is 5.32. The first kappa shape index (κ1) is 9.80. The summed E-state index contributed by atoms with van der Waals surface area (Å²) in [4.78, 5) is 13.2. The van der Waals surface area contributed by atoms with E-state index in [1.807, 2.05) is 6.07 Å². The number of aliphatic hydroxyl groups excluding tert-OH is 1. The third-order valence-corrected chi connectivity index (χ3v) is 3.83. The largest absolute Gasteiger partial charge is 0.485 e. The van der Waals surface area contributed by atoms with E-state index in [1.165, 1.54) is 12.1 Å². The molecule has 0 spiro atoms. The number of nitrogens with zero attached hydrogens (tertiary/aromatic N) is 2. The lowest BCUT2D eigenvalue weighted by molar-refractivity contribution is -0.139. The summed E-state index contributed by atoms with van der Waals surface area (Å²) in [6.07, 6.45) is -4.31. The van der Waals surface area contributed by atoms with Crippen molar-refractivity contribution in [1.29, 1.82) is 5.26 Å². The van der Waals surface area contributed by atoms with Crippen molar-refractivity contribution < 1.29 is 20.1 Å². The Balaban J connectivity index is 2.21. The van der Waals surface area contributed by atoms with Gasteiger partial charge < -0.3 is 14.7 Å². The zero-order valence-corrected chi connectivity index (χ0v) is 11.8. The van der Waals surface area contributed by atoms with E-state index in [9.17, 15) is 9.90 Å². The standard InChI is InChI=1S/C16H18N2O3/c1-16(2)15(20)14(18-7-3-4-13(18)19)11-8-10(9-17)5-6-12(11)21-16/h5-6,8,14-15,20H,3-4,7H2,1-2H3/t14-,15+/m1/s1/i3D2,7D2. The summed E-state index contributed by atoms with van der Waals surface area (Å²) < 4.78 is 37.8. The van der Waals surface area contributed by atoms with Crippen molar-refractivity contribution in [2.45, 2.75) is 44.4 Å². The molecule has 21 heavy (non-hydrogen) atoms. The number of carbonyl (C=O) groups is 1. The molecule has 5 nitrogen and oxygen atoms in total. The molecule has 5 heteroatoms. The number of amides is 1. The van der Waals surface area contributed by atoms with Gasteiger partial charge in [0, 0.05) is 24.0 Å². The summed E-state index contributed by atoms with van der Waals surface area (Å²) in [7, 11) is 0. The van der Waals surface area contributed by atoms with Crippen LogP contribution in [0.4, 0.5) is 0 Å². The minimum atomic E-state index is -2.61. The van der Waals surface area contributed by atoms with Crippen LogP contribution in [0.15, 0.2) is 18.2 Å². The van der Waals surface area contributed by atoms with Crippen molar-refractivity contribution >= 4 is 5.91 Å². The lowest BCUT2D eigenvalue weighted by Crippen LogP contribution is -2.53. The fourth-order valence-corrected chi connectivity index (χ4v) is 2.69. The molecule has 1 amide bonds. The van der Waals surface area contributed by atoms with Crippen LogP contribution in [0.5, 0.6) is 5.75 Å². The molecule has 0 unspecified atom stereocenters. The van der Waals surface area contributed by atoms with Gasteiger partial charge in [0.05, 0.1) is 17.7 Å². The molecule has 2 aliphatic rings. The molecular weight excluding hydrogens is 268 g/mol. The van der Waals surface area contributed by atoms with E-state index in [0.29, 0.717) is 11.3 Å². The maximum absolute atomic E-state index is 12.5. The molecule has 0 saturated carbocycles. The molecule has 2 atom stereocenters. The van der Waals surface area contributed by atoms with Crippen LogP contribution in [0.2, 0.25) is 0 Å². The fourth-order valence-electron chi connectivity index (χ4n) is 2.69. The number of likely N-dealkylation sites (tertiary alicyclic amines) is 1. The molecule has 3 rings (SSSR count). The second-order valence-corrected chi connectivity index (χ2v) is 5.69. The average Bonchev–Trinajstić information content (AvgIpc) is 2.65. The van der Waals surface area contributed by atoms with Crippen LogP contribution < -0.4 is 4.74 Å². The van der Waals surface area contributed by atoms with Crippen molar-refractivity contribution in [3.05, 3.63) is 29.3 Å². The van der Waals surface area contributed by atoms with E-state index in [0.717, 1.165) is 4.90 Å². The monoisotopic (exact) mass is 290 g/mol. The quantitative estimate of drug-likeness (QED) is 0.855. The van der Waals surface area contributed by atoms with Crippen molar-refractivity contribution in [3.63, 3.8) is 0 Å². The van der Waals surface area contributed by atoms with Crippen LogP contribution in [-0.2, 0) is 4.79 Å². The van der Waals surface area contributed by atoms with E-state index < -0.39 is 42.9 Å². The molecule has 110 valence electrons. The molecule has 2 aliphatic heterocycles. The lowest BCUT2D eigenvalue weighted by atomic mass is 9.85. The lowest BCUT2D eigenvalue weighted by Gasteiger charge is -2.45. The number of aliphatic hydroxyl groups is 1. The maximum atomic E-state index is 12.5. The Bertz CT molecular complexity index is 788. The highest BCUT2D eigenvalue weighted by Crippen LogP contribution is 2.44. The van der Waals surface area contributed by atoms with Gasteiger partial charge in [-0.3, -0.25) is 4.79 Å². The summed E-state index contributed by atoms with van der Waals surface area (Å²) in [5.41, 5.74) is -0.562. The highest BCUT2D eigenvalue weighted by atomic mass is 16.5. The van der Waals surface area contributed by atoms with Crippen LogP contribution in [0.25, 0.3) is 0 Å². The highest BCUT2D eigenvalue weighted by molar-refractivity contribution is 5.79. The van der Waals surface area contributed by atoms with E-state index in [4.69, 9.17) is 15.5 Å². The van der Waals surface area contributed by atoms with Crippen LogP contribution in [0.3, 0.4) is 0 Å². The van der Waals surface area contributed by atoms with Crippen LogP contribution in [0.1, 0.15) is 49.3 Å². The molecule has 0 aliphatic carbocycles. The topological polar surface area (TPSA) is 73.6 Å². The summed E-state index contributed by atoms with van der Waals surface area (Å²) in [6.45, 7) is 0.607. The first-order valence-corrected chi connectivity index (χ1v) is 6.66. The van der Waals surface area contributed by atoms with Gasteiger partial charge in [-0.25, -0.2) is 0 Å². The van der Waals surface area contributed by atoms with Gasteiger partial charge in [0.25, 0.3) is 0 Å². The molecule has 2 heterocycles. The van der Waals surface area contributed by atoms with E-state index >= 15 is 0 Å². The third kappa shape index (κ3) is 2.16. The predicted octanol–water partition coefficient (Wildman–Crippen LogP) is 1.75. The Kier molecular flexibility index (Phi) is 2.21. The summed E-state index contributed by atoms with van der Waals surface area (Å²) >= 11 is 0. The van der Waals surface area contributed by atoms with Gasteiger partial charge in [-0.2, -0.15) is 5.26 Å². The smallest absolute Gasteiger partial charge is 0.223 e. The third-order valence-electron chi connectivity index (χ3n) is 3.83. The van der Waals surface area contributed by atoms with E-state index in [1.54, 1.807) is 19.9 Å². The van der Waals surface area contributed by atoms with Gasteiger partial charge in [0.15, 0.2) is 0 Å². The van der Waals surface area contributed by atoms with Crippen molar-refractivity contribution in [2.75, 3.05) is 6.50 Å². The average molecular weight is 290 g/mol. The van der Waals surface area contributed by atoms with Gasteiger partial charge >= 0.3 is 0 Å². The van der Waals surface area contributed by atoms with Crippen molar-refractivity contribution in [2.24, 2.45) is 0 Å². The maximum Gasteiger partial charge on any atom is 0.223 e. The summed E-state index contributed by atoms with van der Waals surface area (Å²) in [5.74, 6) is -0.402. The van der Waals surface area contributed by atoms with E-state index in [-0.39, 0.29) is 5.56 Å². The number of hydrogen-bond acceptors (Lipinski definition) is 4. The molecule has 1 saturated heterocycles. The molecule has 1 aromatic rings. The molecule has 1 aromatic carbocycles. The van der Waals surface area contributed by atoms with Crippen LogP contribution in [-0.4, -0.2) is 34.1 Å². The minimum Gasteiger partial charge on any atom is -0.485 e. The van der Waals surface area contributed by atoms with Gasteiger partial charge in [-0.05, 0) is 38.4 Å². The number of rotatable bonds is 1. The number of carbonyl (C=O) groups excluding carboxylic acids is 1. The highest BCUT2D eigenvalue weighted by Gasteiger charge is 2.47. The molecule has 0 bridgehead atoms. The Labute approximate surface area is 129 Å². The first-order valence-electron chi connectivity index (χ1n) is 8.66. The van der Waals surface area contributed by atoms with Gasteiger partial charge in [-0.15, -0.1) is 0 Å². The Morgan fingerprint density at radius 1 is 1.57 bits per heavy atom. The zero-order chi connectivity index (χ0) is 18.8. The zero-order valence-electron chi connectivity index (χ0n) is 15.8. The predicted molar refractivity (Wildman–Crippen MR) is 75.6 cm³/mol.